The van der Waals surface area contributed by atoms with E-state index in [1.807, 2.05) is 30.0 Å². The van der Waals surface area contributed by atoms with Crippen LogP contribution in [-0.4, -0.2) is 42.0 Å². The molecule has 2 heterocycles. The average Bonchev–Trinajstić information content (AvgIpc) is 3.15. The van der Waals surface area contributed by atoms with Crippen LogP contribution in [0.4, 0.5) is 15.9 Å². The third-order valence-electron chi connectivity index (χ3n) is 4.93. The van der Waals surface area contributed by atoms with Crippen LogP contribution in [0.15, 0.2) is 54.7 Å². The van der Waals surface area contributed by atoms with Crippen molar-refractivity contribution in [2.75, 3.05) is 36.5 Å². The van der Waals surface area contributed by atoms with Gasteiger partial charge in [-0.15, -0.1) is 0 Å². The Morgan fingerprint density at radius 2 is 2.00 bits per heavy atom. The first kappa shape index (κ1) is 19.1. The molecule has 0 aliphatic carbocycles. The predicted octanol–water partition coefficient (Wildman–Crippen LogP) is 3.47. The fourth-order valence-corrected chi connectivity index (χ4v) is 3.45. The number of amides is 1. The van der Waals surface area contributed by atoms with E-state index in [0.717, 1.165) is 11.1 Å². The zero-order valence-electron chi connectivity index (χ0n) is 16.3. The Hall–Kier alpha value is -3.19. The second kappa shape index (κ2) is 8.45. The maximum atomic E-state index is 14.6. The fourth-order valence-electron chi connectivity index (χ4n) is 3.45. The normalized spacial score (nSPS) is 14.1. The number of nitrogens with zero attached hydrogens (tertiary/aromatic N) is 3. The maximum absolute atomic E-state index is 14.6. The van der Waals surface area contributed by atoms with Crippen molar-refractivity contribution in [3.63, 3.8) is 0 Å². The number of carbonyl (C=O) groups is 1. The van der Waals surface area contributed by atoms with Gasteiger partial charge in [0.2, 0.25) is 0 Å². The Morgan fingerprint density at radius 1 is 1.17 bits per heavy atom. The maximum Gasteiger partial charge on any atom is 0.256 e. The molecule has 1 fully saturated rings. The lowest BCUT2D eigenvalue weighted by Crippen LogP contribution is -2.36. The SMILES string of the molecule is Cc1cccc(Cn2nccc2NC(=O)c2ccc(N3CCOCC3)c(F)c2)c1. The Labute approximate surface area is 168 Å². The minimum Gasteiger partial charge on any atom is -0.378 e. The van der Waals surface area contributed by atoms with E-state index >= 15 is 0 Å². The van der Waals surface area contributed by atoms with Gasteiger partial charge in [0, 0.05) is 24.7 Å². The first-order valence-corrected chi connectivity index (χ1v) is 9.61. The van der Waals surface area contributed by atoms with Crippen molar-refractivity contribution in [2.45, 2.75) is 13.5 Å². The summed E-state index contributed by atoms with van der Waals surface area (Å²) in [7, 11) is 0. The molecule has 2 aromatic carbocycles. The molecule has 1 aliphatic rings. The number of nitrogens with one attached hydrogen (secondary N) is 1. The highest BCUT2D eigenvalue weighted by Gasteiger charge is 2.17. The van der Waals surface area contributed by atoms with Crippen molar-refractivity contribution in [1.82, 2.24) is 9.78 Å². The van der Waals surface area contributed by atoms with Crippen molar-refractivity contribution in [3.05, 3.63) is 77.2 Å². The number of anilines is 2. The van der Waals surface area contributed by atoms with Gasteiger partial charge in [0.1, 0.15) is 11.6 Å². The van der Waals surface area contributed by atoms with E-state index in [1.165, 1.54) is 6.07 Å². The molecule has 29 heavy (non-hydrogen) atoms. The third-order valence-corrected chi connectivity index (χ3v) is 4.93. The summed E-state index contributed by atoms with van der Waals surface area (Å²) in [5.41, 5.74) is 3.01. The van der Waals surface area contributed by atoms with E-state index in [1.54, 1.807) is 29.1 Å². The molecule has 3 aromatic rings. The molecule has 7 heteroatoms. The highest BCUT2D eigenvalue weighted by atomic mass is 19.1. The Morgan fingerprint density at radius 3 is 2.76 bits per heavy atom. The van der Waals surface area contributed by atoms with Gasteiger partial charge in [-0.2, -0.15) is 5.10 Å². The first-order valence-electron chi connectivity index (χ1n) is 9.61. The summed E-state index contributed by atoms with van der Waals surface area (Å²) in [5, 5.41) is 7.12. The molecule has 1 aliphatic heterocycles. The van der Waals surface area contributed by atoms with Crippen molar-refractivity contribution >= 4 is 17.4 Å². The standard InChI is InChI=1S/C22H23FN4O2/c1-16-3-2-4-17(13-16)15-27-21(7-8-24-27)25-22(28)18-5-6-20(19(23)14-18)26-9-11-29-12-10-26/h2-8,13-14H,9-12,15H2,1H3,(H,25,28). The average molecular weight is 394 g/mol. The van der Waals surface area contributed by atoms with Crippen molar-refractivity contribution in [3.8, 4) is 0 Å². The molecule has 0 radical (unpaired) electrons. The van der Waals surface area contributed by atoms with E-state index in [4.69, 9.17) is 4.74 Å². The van der Waals surface area contributed by atoms with Gasteiger partial charge in [-0.05, 0) is 30.7 Å². The Kier molecular flexibility index (Phi) is 5.57. The van der Waals surface area contributed by atoms with Crippen LogP contribution in [0.1, 0.15) is 21.5 Å². The summed E-state index contributed by atoms with van der Waals surface area (Å²) in [6.45, 7) is 5.00. The number of ether oxygens (including phenoxy) is 1. The number of carbonyl (C=O) groups excluding carboxylic acids is 1. The zero-order chi connectivity index (χ0) is 20.2. The molecule has 1 N–H and O–H groups in total. The Bertz CT molecular complexity index is 1010. The molecule has 0 unspecified atom stereocenters. The van der Waals surface area contributed by atoms with Crippen molar-refractivity contribution in [1.29, 1.82) is 0 Å². The van der Waals surface area contributed by atoms with Gasteiger partial charge in [0.25, 0.3) is 5.91 Å². The molecule has 1 saturated heterocycles. The van der Waals surface area contributed by atoms with Crippen LogP contribution < -0.4 is 10.2 Å². The van der Waals surface area contributed by atoms with Crippen LogP contribution in [-0.2, 0) is 11.3 Å². The smallest absolute Gasteiger partial charge is 0.256 e. The predicted molar refractivity (Wildman–Crippen MR) is 110 cm³/mol. The molecular formula is C22H23FN4O2. The molecule has 1 amide bonds. The van der Waals surface area contributed by atoms with Gasteiger partial charge >= 0.3 is 0 Å². The lowest BCUT2D eigenvalue weighted by Gasteiger charge is -2.29. The Balaban J connectivity index is 1.47. The molecule has 0 bridgehead atoms. The first-order chi connectivity index (χ1) is 14.1. The van der Waals surface area contributed by atoms with Crippen molar-refractivity contribution < 1.29 is 13.9 Å². The highest BCUT2D eigenvalue weighted by molar-refractivity contribution is 6.04. The molecule has 0 spiro atoms. The summed E-state index contributed by atoms with van der Waals surface area (Å²) in [5.74, 6) is -0.217. The van der Waals surface area contributed by atoms with Gasteiger partial charge < -0.3 is 15.0 Å². The number of morpholine rings is 1. The molecule has 4 rings (SSSR count). The second-order valence-electron chi connectivity index (χ2n) is 7.08. The lowest BCUT2D eigenvalue weighted by atomic mass is 10.1. The molecule has 0 saturated carbocycles. The monoisotopic (exact) mass is 394 g/mol. The molecule has 6 nitrogen and oxygen atoms in total. The van der Waals surface area contributed by atoms with Gasteiger partial charge in [-0.25, -0.2) is 9.07 Å². The number of hydrogen-bond donors (Lipinski definition) is 1. The topological polar surface area (TPSA) is 59.4 Å². The number of aromatic nitrogens is 2. The lowest BCUT2D eigenvalue weighted by molar-refractivity contribution is 0.102. The number of hydrogen-bond acceptors (Lipinski definition) is 4. The van der Waals surface area contributed by atoms with Crippen LogP contribution in [0.2, 0.25) is 0 Å². The summed E-state index contributed by atoms with van der Waals surface area (Å²) in [4.78, 5) is 14.6. The number of halogens is 1. The van der Waals surface area contributed by atoms with Gasteiger partial charge in [-0.1, -0.05) is 29.8 Å². The van der Waals surface area contributed by atoms with Crippen molar-refractivity contribution in [2.24, 2.45) is 0 Å². The number of aryl methyl sites for hydroxylation is 1. The van der Waals surface area contributed by atoms with E-state index in [-0.39, 0.29) is 11.5 Å². The van der Waals surface area contributed by atoms with Crippen LogP contribution in [0.3, 0.4) is 0 Å². The summed E-state index contributed by atoms with van der Waals surface area (Å²) in [6, 6.07) is 14.4. The number of rotatable bonds is 5. The molecule has 0 atom stereocenters. The zero-order valence-corrected chi connectivity index (χ0v) is 16.3. The van der Waals surface area contributed by atoms with Crippen LogP contribution in [0.5, 0.6) is 0 Å². The minimum atomic E-state index is -0.409. The summed E-state index contributed by atoms with van der Waals surface area (Å²) in [6.07, 6.45) is 1.63. The molecule has 150 valence electrons. The van der Waals surface area contributed by atoms with Crippen LogP contribution >= 0.6 is 0 Å². The minimum absolute atomic E-state index is 0.266. The summed E-state index contributed by atoms with van der Waals surface area (Å²) < 4.78 is 21.6. The largest absolute Gasteiger partial charge is 0.378 e. The molecular weight excluding hydrogens is 371 g/mol. The fraction of sp³-hybridized carbons (Fsp3) is 0.273. The van der Waals surface area contributed by atoms with Gasteiger partial charge in [0.15, 0.2) is 0 Å². The highest BCUT2D eigenvalue weighted by Crippen LogP contribution is 2.22. The quantitative estimate of drug-likeness (QED) is 0.720. The van der Waals surface area contributed by atoms with Crippen LogP contribution in [0, 0.1) is 12.7 Å². The van der Waals surface area contributed by atoms with Crippen LogP contribution in [0.25, 0.3) is 0 Å². The number of benzene rings is 2. The van der Waals surface area contributed by atoms with E-state index in [9.17, 15) is 9.18 Å². The van der Waals surface area contributed by atoms with Gasteiger partial charge in [-0.3, -0.25) is 4.79 Å². The van der Waals surface area contributed by atoms with E-state index in [0.29, 0.717) is 44.4 Å². The third kappa shape index (κ3) is 4.46. The molecule has 1 aromatic heterocycles. The second-order valence-corrected chi connectivity index (χ2v) is 7.08. The van der Waals surface area contributed by atoms with E-state index < -0.39 is 5.82 Å². The summed E-state index contributed by atoms with van der Waals surface area (Å²) >= 11 is 0. The van der Waals surface area contributed by atoms with E-state index in [2.05, 4.69) is 16.5 Å². The van der Waals surface area contributed by atoms with Gasteiger partial charge in [0.05, 0.1) is 31.6 Å².